The highest BCUT2D eigenvalue weighted by molar-refractivity contribution is 5.96. The van der Waals surface area contributed by atoms with Crippen LogP contribution in [-0.2, 0) is 4.74 Å². The summed E-state index contributed by atoms with van der Waals surface area (Å²) in [7, 11) is 0. The van der Waals surface area contributed by atoms with E-state index in [0.29, 0.717) is 29.9 Å². The summed E-state index contributed by atoms with van der Waals surface area (Å²) >= 11 is 0. The minimum atomic E-state index is -0.565. The van der Waals surface area contributed by atoms with E-state index in [1.54, 1.807) is 34.6 Å². The van der Waals surface area contributed by atoms with Gasteiger partial charge < -0.3 is 19.9 Å². The number of carbonyl (C=O) groups is 2. The minimum absolute atomic E-state index is 0.249. The molecule has 2 amide bonds. The van der Waals surface area contributed by atoms with Gasteiger partial charge in [-0.3, -0.25) is 4.79 Å². The fraction of sp³-hybridized carbons (Fsp3) is 0.706. The Kier molecular flexibility index (Phi) is 6.40. The molecule has 1 rings (SSSR count). The van der Waals surface area contributed by atoms with Crippen LogP contribution in [0.3, 0.4) is 0 Å². The van der Waals surface area contributed by atoms with E-state index in [2.05, 4.69) is 15.8 Å². The third-order valence-electron chi connectivity index (χ3n) is 3.96. The standard InChI is InChI=1S/C17H29N3O4/c1-8-17(9-2,10-18-15(22)23-16(5,6)7)19-14(21)13-11(3)20-24-12(13)4/h8-10H2,1-7H3,(H,18,22)(H,19,21). The minimum Gasteiger partial charge on any atom is -0.444 e. The normalized spacial score (nSPS) is 12.0. The molecule has 0 unspecified atom stereocenters. The molecule has 0 aliphatic heterocycles. The lowest BCUT2D eigenvalue weighted by Crippen LogP contribution is -2.55. The Bertz CT molecular complexity index is 564. The lowest BCUT2D eigenvalue weighted by atomic mass is 9.92. The van der Waals surface area contributed by atoms with E-state index in [9.17, 15) is 9.59 Å². The predicted octanol–water partition coefficient (Wildman–Crippen LogP) is 3.10. The Morgan fingerprint density at radius 1 is 1.17 bits per heavy atom. The van der Waals surface area contributed by atoms with Crippen molar-refractivity contribution in [3.63, 3.8) is 0 Å². The second-order valence-electron chi connectivity index (χ2n) is 7.00. The SMILES string of the molecule is CCC(CC)(CNC(=O)OC(C)(C)C)NC(=O)c1c(C)noc1C. The topological polar surface area (TPSA) is 93.5 Å². The maximum Gasteiger partial charge on any atom is 0.407 e. The van der Waals surface area contributed by atoms with Crippen LogP contribution in [0.25, 0.3) is 0 Å². The molecule has 1 heterocycles. The van der Waals surface area contributed by atoms with Crippen LogP contribution in [0.5, 0.6) is 0 Å². The molecule has 7 nitrogen and oxygen atoms in total. The highest BCUT2D eigenvalue weighted by Gasteiger charge is 2.31. The summed E-state index contributed by atoms with van der Waals surface area (Å²) in [6.45, 7) is 13.1. The first-order valence-corrected chi connectivity index (χ1v) is 8.26. The lowest BCUT2D eigenvalue weighted by Gasteiger charge is -2.33. The Hall–Kier alpha value is -2.05. The van der Waals surface area contributed by atoms with Crippen LogP contribution in [0.1, 0.15) is 69.3 Å². The van der Waals surface area contributed by atoms with Crippen LogP contribution in [-0.4, -0.2) is 34.8 Å². The molecule has 0 aliphatic rings. The predicted molar refractivity (Wildman–Crippen MR) is 91.0 cm³/mol. The van der Waals surface area contributed by atoms with Crippen LogP contribution in [0.4, 0.5) is 4.79 Å². The highest BCUT2D eigenvalue weighted by Crippen LogP contribution is 2.18. The summed E-state index contributed by atoms with van der Waals surface area (Å²) in [5.41, 5.74) is -0.139. The molecule has 0 saturated heterocycles. The fourth-order valence-corrected chi connectivity index (χ4v) is 2.39. The van der Waals surface area contributed by atoms with Crippen molar-refractivity contribution in [1.29, 1.82) is 0 Å². The van der Waals surface area contributed by atoms with Gasteiger partial charge in [-0.15, -0.1) is 0 Å². The van der Waals surface area contributed by atoms with Crippen molar-refractivity contribution < 1.29 is 18.8 Å². The van der Waals surface area contributed by atoms with Crippen LogP contribution >= 0.6 is 0 Å². The van der Waals surface area contributed by atoms with E-state index in [1.807, 2.05) is 13.8 Å². The number of nitrogens with one attached hydrogen (secondary N) is 2. The number of amides is 2. The summed E-state index contributed by atoms with van der Waals surface area (Å²) in [4.78, 5) is 24.5. The van der Waals surface area contributed by atoms with Crippen molar-refractivity contribution in [1.82, 2.24) is 15.8 Å². The van der Waals surface area contributed by atoms with E-state index < -0.39 is 17.2 Å². The quantitative estimate of drug-likeness (QED) is 0.830. The smallest absolute Gasteiger partial charge is 0.407 e. The van der Waals surface area contributed by atoms with Crippen LogP contribution in [0.15, 0.2) is 4.52 Å². The van der Waals surface area contributed by atoms with E-state index in [0.717, 1.165) is 0 Å². The maximum atomic E-state index is 12.6. The first-order valence-electron chi connectivity index (χ1n) is 8.26. The third-order valence-corrected chi connectivity index (χ3v) is 3.96. The molecule has 2 N–H and O–H groups in total. The van der Waals surface area contributed by atoms with Gasteiger partial charge in [0, 0.05) is 6.54 Å². The zero-order chi connectivity index (χ0) is 18.5. The second kappa shape index (κ2) is 7.68. The summed E-state index contributed by atoms with van der Waals surface area (Å²) in [6.07, 6.45) is 0.823. The molecule has 0 aromatic carbocycles. The van der Waals surface area contributed by atoms with Crippen LogP contribution in [0.2, 0.25) is 0 Å². The fourth-order valence-electron chi connectivity index (χ4n) is 2.39. The van der Waals surface area contributed by atoms with E-state index in [-0.39, 0.29) is 12.5 Å². The zero-order valence-corrected chi connectivity index (χ0v) is 15.7. The highest BCUT2D eigenvalue weighted by atomic mass is 16.6. The van der Waals surface area contributed by atoms with Gasteiger partial charge in [0.05, 0.1) is 11.2 Å². The van der Waals surface area contributed by atoms with Gasteiger partial charge in [-0.05, 0) is 47.5 Å². The summed E-state index contributed by atoms with van der Waals surface area (Å²) in [5, 5.41) is 9.58. The molecule has 0 atom stereocenters. The van der Waals surface area contributed by atoms with Crippen molar-refractivity contribution in [2.24, 2.45) is 0 Å². The van der Waals surface area contributed by atoms with Crippen LogP contribution < -0.4 is 10.6 Å². The number of aromatic nitrogens is 1. The monoisotopic (exact) mass is 339 g/mol. The van der Waals surface area contributed by atoms with E-state index in [4.69, 9.17) is 9.26 Å². The van der Waals surface area contributed by atoms with Gasteiger partial charge in [-0.1, -0.05) is 19.0 Å². The van der Waals surface area contributed by atoms with Crippen molar-refractivity contribution in [2.45, 2.75) is 72.4 Å². The zero-order valence-electron chi connectivity index (χ0n) is 15.7. The number of ether oxygens (including phenoxy) is 1. The number of nitrogens with zero attached hydrogens (tertiary/aromatic N) is 1. The van der Waals surface area contributed by atoms with Crippen molar-refractivity contribution in [3.05, 3.63) is 17.0 Å². The number of aryl methyl sites for hydroxylation is 2. The summed E-state index contributed by atoms with van der Waals surface area (Å²) < 4.78 is 10.3. The molecular weight excluding hydrogens is 310 g/mol. The number of alkyl carbamates (subject to hydrolysis) is 1. The molecule has 0 bridgehead atoms. The van der Waals surface area contributed by atoms with Crippen molar-refractivity contribution in [3.8, 4) is 0 Å². The second-order valence-corrected chi connectivity index (χ2v) is 7.00. The molecule has 136 valence electrons. The molecule has 1 aromatic rings. The number of hydrogen-bond donors (Lipinski definition) is 2. The third kappa shape index (κ3) is 5.25. The van der Waals surface area contributed by atoms with E-state index in [1.165, 1.54) is 0 Å². The first kappa shape index (κ1) is 20.0. The van der Waals surface area contributed by atoms with Gasteiger partial charge in [0.2, 0.25) is 0 Å². The van der Waals surface area contributed by atoms with Gasteiger partial charge in [0.25, 0.3) is 5.91 Å². The van der Waals surface area contributed by atoms with E-state index >= 15 is 0 Å². The summed E-state index contributed by atoms with van der Waals surface area (Å²) in [5.74, 6) is 0.229. The Morgan fingerprint density at radius 2 is 1.75 bits per heavy atom. The van der Waals surface area contributed by atoms with Gasteiger partial charge >= 0.3 is 6.09 Å². The van der Waals surface area contributed by atoms with Gasteiger partial charge in [0.15, 0.2) is 0 Å². The molecule has 1 aromatic heterocycles. The molecule has 0 fully saturated rings. The first-order chi connectivity index (χ1) is 11.0. The Labute approximate surface area is 143 Å². The average Bonchev–Trinajstić information content (AvgIpc) is 2.81. The molecule has 0 radical (unpaired) electrons. The van der Waals surface area contributed by atoms with Crippen LogP contribution in [0, 0.1) is 13.8 Å². The summed E-state index contributed by atoms with van der Waals surface area (Å²) in [6, 6.07) is 0. The molecular formula is C17H29N3O4. The molecule has 24 heavy (non-hydrogen) atoms. The Morgan fingerprint density at radius 3 is 2.17 bits per heavy atom. The van der Waals surface area contributed by atoms with Crippen molar-refractivity contribution in [2.75, 3.05) is 6.54 Å². The Balaban J connectivity index is 2.81. The number of carbonyl (C=O) groups excluding carboxylic acids is 2. The van der Waals surface area contributed by atoms with Crippen molar-refractivity contribution >= 4 is 12.0 Å². The molecule has 7 heteroatoms. The molecule has 0 aliphatic carbocycles. The molecule has 0 saturated carbocycles. The average molecular weight is 339 g/mol. The molecule has 0 spiro atoms. The van der Waals surface area contributed by atoms with Gasteiger partial charge in [-0.25, -0.2) is 4.79 Å². The largest absolute Gasteiger partial charge is 0.444 e. The number of hydrogen-bond acceptors (Lipinski definition) is 5. The lowest BCUT2D eigenvalue weighted by molar-refractivity contribution is 0.0501. The van der Waals surface area contributed by atoms with Gasteiger partial charge in [0.1, 0.15) is 16.9 Å². The van der Waals surface area contributed by atoms with Gasteiger partial charge in [-0.2, -0.15) is 0 Å². The maximum absolute atomic E-state index is 12.6. The number of rotatable bonds is 6.